The highest BCUT2D eigenvalue weighted by Crippen LogP contribution is 2.34. The number of hydrogen-bond acceptors (Lipinski definition) is 7. The third-order valence-corrected chi connectivity index (χ3v) is 5.86. The minimum absolute atomic E-state index is 0.0335. The van der Waals surface area contributed by atoms with E-state index in [0.717, 1.165) is 21.7 Å². The topological polar surface area (TPSA) is 111 Å². The number of amides is 1. The molecule has 0 aliphatic rings. The molecule has 10 heteroatoms. The Morgan fingerprint density at radius 2 is 1.65 bits per heavy atom. The number of nitrogens with zero attached hydrogens (tertiary/aromatic N) is 1. The average Bonchev–Trinajstić information content (AvgIpc) is 2.72. The summed E-state index contributed by atoms with van der Waals surface area (Å²) in [5.41, 5.74) is 2.16. The van der Waals surface area contributed by atoms with E-state index in [1.54, 1.807) is 19.1 Å². The van der Waals surface area contributed by atoms with E-state index in [1.165, 1.54) is 33.5 Å². The number of rotatable bonds is 8. The van der Waals surface area contributed by atoms with Crippen LogP contribution in [0.4, 0.5) is 11.4 Å². The number of anilines is 2. The second kappa shape index (κ2) is 9.69. The number of methoxy groups -OCH3 is 3. The number of carbonyl (C=O) groups is 2. The third kappa shape index (κ3) is 5.46. The van der Waals surface area contributed by atoms with E-state index < -0.39 is 28.4 Å². The summed E-state index contributed by atoms with van der Waals surface area (Å²) in [6.45, 7) is 3.15. The summed E-state index contributed by atoms with van der Waals surface area (Å²) in [7, 11) is 0.260. The van der Waals surface area contributed by atoms with Crippen LogP contribution in [0.15, 0.2) is 30.3 Å². The summed E-state index contributed by atoms with van der Waals surface area (Å²) in [6.07, 6.45) is 1.03. The molecule has 1 N–H and O–H groups in total. The Kier molecular flexibility index (Phi) is 7.50. The second-order valence-corrected chi connectivity index (χ2v) is 8.69. The average molecular weight is 451 g/mol. The van der Waals surface area contributed by atoms with E-state index in [9.17, 15) is 18.0 Å². The molecule has 0 aliphatic carbocycles. The molecule has 1 amide bonds. The summed E-state index contributed by atoms with van der Waals surface area (Å²) in [5, 5.41) is 2.58. The lowest BCUT2D eigenvalue weighted by atomic mass is 10.1. The van der Waals surface area contributed by atoms with Gasteiger partial charge in [0.15, 0.2) is 11.5 Å². The van der Waals surface area contributed by atoms with Gasteiger partial charge < -0.3 is 19.5 Å². The van der Waals surface area contributed by atoms with Gasteiger partial charge in [-0.3, -0.25) is 9.10 Å². The van der Waals surface area contributed by atoms with Crippen LogP contribution < -0.4 is 19.1 Å². The first-order chi connectivity index (χ1) is 14.5. The molecule has 31 heavy (non-hydrogen) atoms. The monoisotopic (exact) mass is 450 g/mol. The number of esters is 1. The fourth-order valence-electron chi connectivity index (χ4n) is 2.97. The van der Waals surface area contributed by atoms with Gasteiger partial charge in [-0.25, -0.2) is 13.2 Å². The first kappa shape index (κ1) is 24.0. The van der Waals surface area contributed by atoms with Gasteiger partial charge in [-0.05, 0) is 31.0 Å². The number of sulfonamides is 1. The molecule has 168 valence electrons. The quantitative estimate of drug-likeness (QED) is 0.615. The SMILES string of the molecule is COC(=O)c1cc(OC)c(OC)cc1NC(=O)CN(c1cccc(C)c1C)S(C)(=O)=O. The highest BCUT2D eigenvalue weighted by atomic mass is 32.2. The van der Waals surface area contributed by atoms with Crippen molar-refractivity contribution in [3.63, 3.8) is 0 Å². The van der Waals surface area contributed by atoms with Gasteiger partial charge in [0.1, 0.15) is 6.54 Å². The Morgan fingerprint density at radius 1 is 1.03 bits per heavy atom. The van der Waals surface area contributed by atoms with Crippen molar-refractivity contribution in [2.75, 3.05) is 43.8 Å². The molecule has 0 atom stereocenters. The van der Waals surface area contributed by atoms with Crippen molar-refractivity contribution >= 4 is 33.3 Å². The fourth-order valence-corrected chi connectivity index (χ4v) is 3.88. The van der Waals surface area contributed by atoms with Crippen LogP contribution >= 0.6 is 0 Å². The van der Waals surface area contributed by atoms with Crippen molar-refractivity contribution in [1.29, 1.82) is 0 Å². The molecule has 0 fully saturated rings. The van der Waals surface area contributed by atoms with Gasteiger partial charge in [-0.15, -0.1) is 0 Å². The van der Waals surface area contributed by atoms with Gasteiger partial charge in [-0.2, -0.15) is 0 Å². The summed E-state index contributed by atoms with van der Waals surface area (Å²) >= 11 is 0. The summed E-state index contributed by atoms with van der Waals surface area (Å²) in [6, 6.07) is 7.99. The van der Waals surface area contributed by atoms with Crippen molar-refractivity contribution in [2.24, 2.45) is 0 Å². The van der Waals surface area contributed by atoms with Crippen LogP contribution in [0.1, 0.15) is 21.5 Å². The maximum atomic E-state index is 12.8. The first-order valence-electron chi connectivity index (χ1n) is 9.21. The van der Waals surface area contributed by atoms with Gasteiger partial charge in [0.25, 0.3) is 0 Å². The van der Waals surface area contributed by atoms with Crippen molar-refractivity contribution < 1.29 is 32.2 Å². The molecule has 0 spiro atoms. The van der Waals surface area contributed by atoms with E-state index in [2.05, 4.69) is 5.32 Å². The normalized spacial score (nSPS) is 10.9. The van der Waals surface area contributed by atoms with Gasteiger partial charge >= 0.3 is 5.97 Å². The molecule has 0 saturated carbocycles. The van der Waals surface area contributed by atoms with Crippen molar-refractivity contribution in [2.45, 2.75) is 13.8 Å². The minimum atomic E-state index is -3.76. The Hall–Kier alpha value is -3.27. The van der Waals surface area contributed by atoms with E-state index in [0.29, 0.717) is 5.69 Å². The lowest BCUT2D eigenvalue weighted by molar-refractivity contribution is -0.114. The van der Waals surface area contributed by atoms with Crippen LogP contribution in [-0.4, -0.2) is 54.4 Å². The molecule has 9 nitrogen and oxygen atoms in total. The first-order valence-corrected chi connectivity index (χ1v) is 11.1. The van der Waals surface area contributed by atoms with Gasteiger partial charge in [0.05, 0.1) is 44.5 Å². The standard InChI is InChI=1S/C21H26N2O7S/c1-13-8-7-9-17(14(13)2)23(31(6,26)27)12-20(24)22-16-11-19(29-4)18(28-3)10-15(16)21(25)30-5/h7-11H,12H2,1-6H3,(H,22,24). The fraction of sp³-hybridized carbons (Fsp3) is 0.333. The van der Waals surface area contributed by atoms with Crippen LogP contribution in [0.25, 0.3) is 0 Å². The maximum absolute atomic E-state index is 12.8. The van der Waals surface area contributed by atoms with E-state index in [1.807, 2.05) is 13.0 Å². The van der Waals surface area contributed by atoms with Crippen molar-refractivity contribution in [3.05, 3.63) is 47.0 Å². The zero-order valence-corrected chi connectivity index (χ0v) is 19.1. The molecular weight excluding hydrogens is 424 g/mol. The lowest BCUT2D eigenvalue weighted by Crippen LogP contribution is -2.38. The maximum Gasteiger partial charge on any atom is 0.340 e. The molecule has 0 aliphatic heterocycles. The van der Waals surface area contributed by atoms with Crippen molar-refractivity contribution in [3.8, 4) is 11.5 Å². The molecule has 0 heterocycles. The van der Waals surface area contributed by atoms with E-state index >= 15 is 0 Å². The van der Waals surface area contributed by atoms with Gasteiger partial charge in [0, 0.05) is 12.1 Å². The molecule has 2 rings (SSSR count). The van der Waals surface area contributed by atoms with Crippen LogP contribution in [0, 0.1) is 13.8 Å². The number of ether oxygens (including phenoxy) is 3. The zero-order valence-electron chi connectivity index (χ0n) is 18.3. The van der Waals surface area contributed by atoms with Crippen molar-refractivity contribution in [1.82, 2.24) is 0 Å². The van der Waals surface area contributed by atoms with Gasteiger partial charge in [0.2, 0.25) is 15.9 Å². The molecule has 0 bridgehead atoms. The number of aryl methyl sites for hydroxylation is 1. The van der Waals surface area contributed by atoms with Crippen LogP contribution in [0.2, 0.25) is 0 Å². The molecule has 0 radical (unpaired) electrons. The highest BCUT2D eigenvalue weighted by Gasteiger charge is 2.25. The Morgan fingerprint density at radius 3 is 2.19 bits per heavy atom. The Bertz CT molecular complexity index is 1100. The third-order valence-electron chi connectivity index (χ3n) is 4.74. The largest absolute Gasteiger partial charge is 0.493 e. The molecular formula is C21H26N2O7S. The van der Waals surface area contributed by atoms with Crippen LogP contribution in [-0.2, 0) is 19.6 Å². The highest BCUT2D eigenvalue weighted by molar-refractivity contribution is 7.92. The zero-order chi connectivity index (χ0) is 23.3. The summed E-state index contributed by atoms with van der Waals surface area (Å²) in [4.78, 5) is 25.0. The second-order valence-electron chi connectivity index (χ2n) is 6.78. The summed E-state index contributed by atoms with van der Waals surface area (Å²) < 4.78 is 41.1. The molecule has 0 unspecified atom stereocenters. The number of benzene rings is 2. The molecule has 0 aromatic heterocycles. The predicted molar refractivity (Wildman–Crippen MR) is 118 cm³/mol. The number of carbonyl (C=O) groups excluding carboxylic acids is 2. The molecule has 0 saturated heterocycles. The lowest BCUT2D eigenvalue weighted by Gasteiger charge is -2.24. The molecule has 2 aromatic carbocycles. The van der Waals surface area contributed by atoms with E-state index in [4.69, 9.17) is 14.2 Å². The molecule has 2 aromatic rings. The van der Waals surface area contributed by atoms with Gasteiger partial charge in [-0.1, -0.05) is 12.1 Å². The Balaban J connectivity index is 2.43. The number of nitrogens with one attached hydrogen (secondary N) is 1. The van der Waals surface area contributed by atoms with E-state index in [-0.39, 0.29) is 22.7 Å². The Labute approximate surface area is 182 Å². The minimum Gasteiger partial charge on any atom is -0.493 e. The predicted octanol–water partition coefficient (Wildman–Crippen LogP) is 2.51. The number of hydrogen-bond donors (Lipinski definition) is 1. The van der Waals surface area contributed by atoms with Crippen LogP contribution in [0.3, 0.4) is 0 Å². The smallest absolute Gasteiger partial charge is 0.340 e. The van der Waals surface area contributed by atoms with Crippen LogP contribution in [0.5, 0.6) is 11.5 Å². The summed E-state index contributed by atoms with van der Waals surface area (Å²) in [5.74, 6) is -0.802.